The number of thiazole rings is 6. The minimum Gasteiger partial charge on any atom is -0.464 e. The molecule has 0 radical (unpaired) electrons. The SMILES string of the molecule is C.C.CC.COC(=O)c1ncsc1N[C@@H](Cc1ccc(NS(=O)(=O)O)cc1)c1csc(-c2ccccc2)n1.COC(=O)c1ncsc1N[C@@H](Cc1ccc([N+](=O)[O-])cc1)c1csc(-c2ccccc2)n1.COC(=O)c1ncsc1N[C@@H](Cc1ccc([N+](=O)[O-])cc1)c1csc(-c2ccccc2)n1. The standard InChI is InChI=1S/C22H20N4O5S3.2C22H18N4O4S2.C2H6.2CH4/c1-31-22(27)19-21(33-13-23-19)24-17(11-14-7-9-16(10-8-14)26-34(28,29)30)18-12-32-20(25-18)15-5-3-2-4-6-15;2*1-30-22(27)19-21(32-13-23-19)24-17(11-14-7-9-16(10-8-14)26(28)29)18-12-31-20(25-18)15-5-3-2-4-6-15;1-2;;/h2-10,12-13,17,24,26H,11H2,1H3,(H,28,29,30);2*2-10,12-13,17,24H,11H2,1H3;1-2H3;2*1H4/t3*17-;;;/m000.../s1. The van der Waals surface area contributed by atoms with Gasteiger partial charge in [-0.1, -0.05) is 156 Å². The van der Waals surface area contributed by atoms with Crippen molar-refractivity contribution >= 4 is 128 Å². The van der Waals surface area contributed by atoms with Gasteiger partial charge in [0.2, 0.25) is 0 Å². The Hall–Kier alpha value is -10.6. The molecule has 0 amide bonds. The molecule has 0 fully saturated rings. The zero-order valence-corrected chi connectivity index (χ0v) is 59.4. The van der Waals surface area contributed by atoms with E-state index in [2.05, 4.69) is 30.9 Å². The van der Waals surface area contributed by atoms with E-state index in [1.165, 1.54) is 114 Å². The van der Waals surface area contributed by atoms with Gasteiger partial charge in [-0.05, 0) is 48.1 Å². The number of hydrogen-bond acceptors (Lipinski definition) is 27. The largest absolute Gasteiger partial charge is 0.464 e. The van der Waals surface area contributed by atoms with Crippen LogP contribution in [0.15, 0.2) is 196 Å². The van der Waals surface area contributed by atoms with Gasteiger partial charge in [-0.25, -0.2) is 44.3 Å². The number of rotatable bonds is 25. The number of benzene rings is 6. The number of nitrogens with zero attached hydrogens (tertiary/aromatic N) is 8. The first-order chi connectivity index (χ1) is 48.4. The van der Waals surface area contributed by atoms with Crippen LogP contribution in [0, 0.1) is 20.2 Å². The summed E-state index contributed by atoms with van der Waals surface area (Å²) >= 11 is 8.47. The van der Waals surface area contributed by atoms with E-state index in [0.29, 0.717) is 34.3 Å². The number of non-ortho nitro benzene ring substituents is 2. The van der Waals surface area contributed by atoms with Crippen molar-refractivity contribution < 1.29 is 51.4 Å². The number of carbonyl (C=O) groups excluding carboxylic acids is 3. The van der Waals surface area contributed by atoms with Gasteiger partial charge in [-0.15, -0.1) is 68.0 Å². The Morgan fingerprint density at radius 1 is 0.451 bits per heavy atom. The van der Waals surface area contributed by atoms with Gasteiger partial charge in [0, 0.05) is 57.1 Å². The highest BCUT2D eigenvalue weighted by atomic mass is 32.2. The fourth-order valence-electron chi connectivity index (χ4n) is 9.49. The second-order valence-corrected chi connectivity index (χ2v) is 27.0. The molecule has 12 rings (SSSR count). The molecule has 0 aliphatic heterocycles. The molecule has 25 nitrogen and oxygen atoms in total. The van der Waals surface area contributed by atoms with Crippen LogP contribution in [0.2, 0.25) is 0 Å². The minimum absolute atomic E-state index is 0. The van der Waals surface area contributed by atoms with Crippen molar-refractivity contribution in [3.8, 4) is 31.7 Å². The molecule has 0 saturated carbocycles. The van der Waals surface area contributed by atoms with Crippen molar-refractivity contribution in [2.24, 2.45) is 0 Å². The fraction of sp³-hybridized carbons (Fsp3) is 0.186. The van der Waals surface area contributed by atoms with Crippen LogP contribution in [0.3, 0.4) is 0 Å². The Balaban J connectivity index is 0.000000210. The van der Waals surface area contributed by atoms with Crippen LogP contribution in [-0.4, -0.2) is 92.0 Å². The number of methoxy groups -OCH3 is 3. The number of hydrogen-bond donors (Lipinski definition) is 5. The van der Waals surface area contributed by atoms with Gasteiger partial charge in [0.25, 0.3) is 11.4 Å². The van der Waals surface area contributed by atoms with Crippen molar-refractivity contribution in [2.75, 3.05) is 42.0 Å². The van der Waals surface area contributed by atoms with Crippen molar-refractivity contribution in [1.82, 2.24) is 29.9 Å². The first-order valence-electron chi connectivity index (χ1n) is 30.1. The summed E-state index contributed by atoms with van der Waals surface area (Å²) < 4.78 is 47.6. The molecule has 12 aromatic rings. The molecule has 530 valence electrons. The average Bonchev–Trinajstić information content (AvgIpc) is 1.67. The van der Waals surface area contributed by atoms with Gasteiger partial charge in [-0.2, -0.15) is 8.42 Å². The molecule has 32 heteroatoms. The highest BCUT2D eigenvalue weighted by Crippen LogP contribution is 2.37. The van der Waals surface area contributed by atoms with Crippen molar-refractivity contribution in [3.63, 3.8) is 0 Å². The summed E-state index contributed by atoms with van der Waals surface area (Å²) in [6, 6.07) is 48.2. The number of aromatic nitrogens is 6. The van der Waals surface area contributed by atoms with E-state index in [0.717, 1.165) is 65.5 Å². The lowest BCUT2D eigenvalue weighted by Crippen LogP contribution is -2.16. The highest BCUT2D eigenvalue weighted by Gasteiger charge is 2.27. The number of esters is 3. The number of carbonyl (C=O) groups is 3. The maximum absolute atomic E-state index is 12.1. The van der Waals surface area contributed by atoms with Gasteiger partial charge in [0.05, 0.1) is 88.6 Å². The molecule has 102 heavy (non-hydrogen) atoms. The van der Waals surface area contributed by atoms with E-state index < -0.39 is 38.1 Å². The van der Waals surface area contributed by atoms with Gasteiger partial charge in [-0.3, -0.25) is 29.5 Å². The van der Waals surface area contributed by atoms with Crippen LogP contribution in [-0.2, 0) is 43.8 Å². The first-order valence-corrected chi connectivity index (χ1v) is 36.8. The number of nitro groups is 2. The average molecular weight is 1510 g/mol. The van der Waals surface area contributed by atoms with E-state index in [4.69, 9.17) is 33.7 Å². The summed E-state index contributed by atoms with van der Waals surface area (Å²) in [5.74, 6) is -1.58. The number of nitrogens with one attached hydrogen (secondary N) is 4. The van der Waals surface area contributed by atoms with Crippen LogP contribution in [0.4, 0.5) is 32.1 Å². The molecule has 5 N–H and O–H groups in total. The predicted molar refractivity (Wildman–Crippen MR) is 406 cm³/mol. The number of anilines is 4. The minimum atomic E-state index is -4.35. The van der Waals surface area contributed by atoms with E-state index in [1.54, 1.807) is 65.1 Å². The van der Waals surface area contributed by atoms with Crippen LogP contribution >= 0.6 is 68.0 Å². The molecule has 0 aliphatic carbocycles. The Kier molecular flexibility index (Phi) is 29.6. The second-order valence-electron chi connectivity index (χ2n) is 20.7. The maximum atomic E-state index is 12.1. The summed E-state index contributed by atoms with van der Waals surface area (Å²) in [5, 5.41) is 42.3. The normalized spacial score (nSPS) is 11.4. The molecule has 3 atom stereocenters. The fourth-order valence-corrected chi connectivity index (χ4v) is 14.7. The third kappa shape index (κ3) is 21.7. The Morgan fingerprint density at radius 3 is 0.980 bits per heavy atom. The van der Waals surface area contributed by atoms with Gasteiger partial charge < -0.3 is 30.2 Å². The van der Waals surface area contributed by atoms with Crippen LogP contribution in [0.25, 0.3) is 31.7 Å². The summed E-state index contributed by atoms with van der Waals surface area (Å²) in [7, 11) is -0.423. The second kappa shape index (κ2) is 38.3. The van der Waals surface area contributed by atoms with Crippen LogP contribution < -0.4 is 20.7 Å². The van der Waals surface area contributed by atoms with Crippen LogP contribution in [0.5, 0.6) is 0 Å². The lowest BCUT2D eigenvalue weighted by Gasteiger charge is -2.18. The molecule has 0 aliphatic rings. The zero-order valence-electron chi connectivity index (χ0n) is 53.7. The summed E-state index contributed by atoms with van der Waals surface area (Å²) in [6.07, 6.45) is 1.51. The number of nitro benzene ring substituents is 2. The van der Waals surface area contributed by atoms with Gasteiger partial charge in [0.1, 0.15) is 30.0 Å². The summed E-state index contributed by atoms with van der Waals surface area (Å²) in [5.41, 5.74) is 13.8. The van der Waals surface area contributed by atoms with Crippen molar-refractivity contribution in [1.29, 1.82) is 0 Å². The molecule has 0 unspecified atom stereocenters. The van der Waals surface area contributed by atoms with Gasteiger partial charge >= 0.3 is 28.2 Å². The first kappa shape index (κ1) is 78.8. The zero-order chi connectivity index (χ0) is 71.1. The molecule has 0 bridgehead atoms. The van der Waals surface area contributed by atoms with E-state index in [1.807, 2.05) is 126 Å². The summed E-state index contributed by atoms with van der Waals surface area (Å²) in [4.78, 5) is 84.1. The lowest BCUT2D eigenvalue weighted by atomic mass is 10.0. The number of ether oxygens (including phenoxy) is 3. The molecule has 0 spiro atoms. The van der Waals surface area contributed by atoms with Gasteiger partial charge in [0.15, 0.2) is 17.1 Å². The van der Waals surface area contributed by atoms with Crippen LogP contribution in [0.1, 0.15) is 112 Å². The Morgan fingerprint density at radius 2 is 0.725 bits per heavy atom. The van der Waals surface area contributed by atoms with E-state index in [-0.39, 0.29) is 67.1 Å². The molecular formula is C70H70N12O13S7. The quantitative estimate of drug-likeness (QED) is 0.0117. The Labute approximate surface area is 612 Å². The highest BCUT2D eigenvalue weighted by molar-refractivity contribution is 7.87. The molecule has 0 saturated heterocycles. The van der Waals surface area contributed by atoms with E-state index >= 15 is 0 Å². The van der Waals surface area contributed by atoms with Crippen molar-refractivity contribution in [2.45, 2.75) is 66.1 Å². The third-order valence-electron chi connectivity index (χ3n) is 14.3. The smallest absolute Gasteiger partial charge is 0.359 e. The molecule has 6 aromatic carbocycles. The topological polar surface area (TPSA) is 345 Å². The summed E-state index contributed by atoms with van der Waals surface area (Å²) in [6.45, 7) is 4.00. The molecule has 6 heterocycles. The third-order valence-corrected chi connectivity index (χ3v) is 19.8. The maximum Gasteiger partial charge on any atom is 0.359 e. The lowest BCUT2D eigenvalue weighted by molar-refractivity contribution is -0.385. The molecule has 6 aromatic heterocycles. The Bertz CT molecular complexity index is 4570. The predicted octanol–water partition coefficient (Wildman–Crippen LogP) is 17.7. The molecular weight excluding hydrogens is 1440 g/mol. The van der Waals surface area contributed by atoms with Crippen molar-refractivity contribution in [3.05, 3.63) is 268 Å². The monoisotopic (exact) mass is 1510 g/mol. The van der Waals surface area contributed by atoms with E-state index in [9.17, 15) is 43.0 Å².